The Morgan fingerprint density at radius 2 is 2.50 bits per heavy atom. The minimum atomic E-state index is -1.000. The smallest absolute Gasteiger partial charge is 0.371 e. The van der Waals surface area contributed by atoms with Crippen molar-refractivity contribution in [1.82, 2.24) is 15.3 Å². The molecule has 0 saturated carbocycles. The van der Waals surface area contributed by atoms with Crippen LogP contribution in [0, 0.1) is 0 Å². The number of aromatic carboxylic acids is 1. The maximum atomic E-state index is 10.6. The molecule has 1 aromatic heterocycles. The van der Waals surface area contributed by atoms with Crippen LogP contribution in [0.3, 0.4) is 0 Å². The van der Waals surface area contributed by atoms with Crippen LogP contribution in [0.2, 0.25) is 0 Å². The van der Waals surface area contributed by atoms with Crippen LogP contribution < -0.4 is 5.32 Å². The summed E-state index contributed by atoms with van der Waals surface area (Å²) in [6.45, 7) is 1.96. The molecule has 2 rings (SSSR count). The van der Waals surface area contributed by atoms with Gasteiger partial charge in [0.2, 0.25) is 5.82 Å². The van der Waals surface area contributed by atoms with E-state index in [1.807, 2.05) is 0 Å². The van der Waals surface area contributed by atoms with Gasteiger partial charge < -0.3 is 15.4 Å². The number of carboxylic acids is 1. The third-order valence-corrected chi connectivity index (χ3v) is 2.53. The van der Waals surface area contributed by atoms with E-state index in [-0.39, 0.29) is 5.82 Å². The monoisotopic (exact) mass is 195 g/mol. The highest BCUT2D eigenvalue weighted by molar-refractivity contribution is 5.83. The first-order valence-corrected chi connectivity index (χ1v) is 4.76. The summed E-state index contributed by atoms with van der Waals surface area (Å²) < 4.78 is 0. The van der Waals surface area contributed by atoms with Gasteiger partial charge in [0.1, 0.15) is 0 Å². The van der Waals surface area contributed by atoms with E-state index in [0.29, 0.717) is 5.92 Å². The van der Waals surface area contributed by atoms with Crippen LogP contribution in [-0.2, 0) is 0 Å². The standard InChI is InChI=1S/C9H13N3O2/c13-9(14)8-11-5-7(12-8)6-2-1-3-10-4-6/h5-6,10H,1-4H2,(H,11,12)(H,13,14). The molecule has 3 N–H and O–H groups in total. The highest BCUT2D eigenvalue weighted by Crippen LogP contribution is 2.21. The molecule has 1 fully saturated rings. The van der Waals surface area contributed by atoms with E-state index >= 15 is 0 Å². The van der Waals surface area contributed by atoms with Crippen molar-refractivity contribution in [1.29, 1.82) is 0 Å². The highest BCUT2D eigenvalue weighted by atomic mass is 16.4. The number of carbonyl (C=O) groups is 1. The summed E-state index contributed by atoms with van der Waals surface area (Å²) in [6, 6.07) is 0. The molecule has 2 heterocycles. The van der Waals surface area contributed by atoms with Crippen molar-refractivity contribution in [3.8, 4) is 0 Å². The van der Waals surface area contributed by atoms with Crippen LogP contribution in [0.15, 0.2) is 6.20 Å². The van der Waals surface area contributed by atoms with Crippen LogP contribution in [-0.4, -0.2) is 34.1 Å². The number of rotatable bonds is 2. The largest absolute Gasteiger partial charge is 0.475 e. The molecule has 76 valence electrons. The number of hydrogen-bond donors (Lipinski definition) is 3. The Bertz CT molecular complexity index is 329. The summed E-state index contributed by atoms with van der Waals surface area (Å²) in [4.78, 5) is 17.2. The molecule has 14 heavy (non-hydrogen) atoms. The van der Waals surface area contributed by atoms with Crippen molar-refractivity contribution in [2.75, 3.05) is 13.1 Å². The highest BCUT2D eigenvalue weighted by Gasteiger charge is 2.18. The fourth-order valence-electron chi connectivity index (χ4n) is 1.77. The van der Waals surface area contributed by atoms with Gasteiger partial charge in [-0.1, -0.05) is 0 Å². The van der Waals surface area contributed by atoms with Crippen molar-refractivity contribution in [3.05, 3.63) is 17.7 Å². The van der Waals surface area contributed by atoms with Gasteiger partial charge in [0.05, 0.1) is 0 Å². The Morgan fingerprint density at radius 1 is 1.64 bits per heavy atom. The van der Waals surface area contributed by atoms with Crippen molar-refractivity contribution >= 4 is 5.97 Å². The number of carboxylic acid groups (broad SMARTS) is 1. The van der Waals surface area contributed by atoms with E-state index in [1.165, 1.54) is 0 Å². The first-order chi connectivity index (χ1) is 6.77. The first-order valence-electron chi connectivity index (χ1n) is 4.76. The molecule has 0 aromatic carbocycles. The van der Waals surface area contributed by atoms with E-state index in [1.54, 1.807) is 6.20 Å². The summed E-state index contributed by atoms with van der Waals surface area (Å²) in [5.41, 5.74) is 0.926. The average molecular weight is 195 g/mol. The lowest BCUT2D eigenvalue weighted by molar-refractivity contribution is 0.0684. The average Bonchev–Trinajstić information content (AvgIpc) is 2.68. The second-order valence-electron chi connectivity index (χ2n) is 3.54. The fraction of sp³-hybridized carbons (Fsp3) is 0.556. The summed E-state index contributed by atoms with van der Waals surface area (Å²) in [5, 5.41) is 12.0. The lowest BCUT2D eigenvalue weighted by Gasteiger charge is -2.21. The number of aromatic amines is 1. The maximum Gasteiger partial charge on any atom is 0.371 e. The molecule has 1 saturated heterocycles. The third kappa shape index (κ3) is 1.77. The molecule has 1 unspecified atom stereocenters. The molecule has 1 aliphatic rings. The molecule has 1 atom stereocenters. The SMILES string of the molecule is O=C(O)c1ncc(C2CCCNC2)[nH]1. The zero-order valence-corrected chi connectivity index (χ0v) is 7.79. The van der Waals surface area contributed by atoms with E-state index in [4.69, 9.17) is 5.11 Å². The molecule has 0 bridgehead atoms. The second kappa shape index (κ2) is 3.79. The first kappa shape index (κ1) is 9.21. The van der Waals surface area contributed by atoms with E-state index in [2.05, 4.69) is 15.3 Å². The van der Waals surface area contributed by atoms with Gasteiger partial charge in [0, 0.05) is 24.4 Å². The second-order valence-corrected chi connectivity index (χ2v) is 3.54. The van der Waals surface area contributed by atoms with E-state index in [0.717, 1.165) is 31.6 Å². The van der Waals surface area contributed by atoms with Crippen LogP contribution in [0.4, 0.5) is 0 Å². The summed E-state index contributed by atoms with van der Waals surface area (Å²) in [7, 11) is 0. The minimum Gasteiger partial charge on any atom is -0.475 e. The van der Waals surface area contributed by atoms with E-state index < -0.39 is 5.97 Å². The molecule has 5 heteroatoms. The molecule has 1 aromatic rings. The van der Waals surface area contributed by atoms with Crippen LogP contribution in [0.25, 0.3) is 0 Å². The Balaban J connectivity index is 2.11. The van der Waals surface area contributed by atoms with Crippen LogP contribution in [0.1, 0.15) is 35.1 Å². The molecular formula is C9H13N3O2. The van der Waals surface area contributed by atoms with Gasteiger partial charge >= 0.3 is 5.97 Å². The Morgan fingerprint density at radius 3 is 3.07 bits per heavy atom. The van der Waals surface area contributed by atoms with Gasteiger partial charge in [-0.15, -0.1) is 0 Å². The predicted octanol–water partition coefficient (Wildman–Crippen LogP) is 0.575. The number of aromatic nitrogens is 2. The van der Waals surface area contributed by atoms with Crippen molar-refractivity contribution < 1.29 is 9.90 Å². The minimum absolute atomic E-state index is 0.0329. The van der Waals surface area contributed by atoms with Gasteiger partial charge in [-0.05, 0) is 19.4 Å². The van der Waals surface area contributed by atoms with Crippen LogP contribution in [0.5, 0.6) is 0 Å². The quantitative estimate of drug-likeness (QED) is 0.645. The zero-order valence-electron chi connectivity index (χ0n) is 7.79. The zero-order chi connectivity index (χ0) is 9.97. The van der Waals surface area contributed by atoms with Gasteiger partial charge in [-0.3, -0.25) is 0 Å². The van der Waals surface area contributed by atoms with Crippen molar-refractivity contribution in [2.45, 2.75) is 18.8 Å². The van der Waals surface area contributed by atoms with Crippen molar-refractivity contribution in [3.63, 3.8) is 0 Å². The summed E-state index contributed by atoms with van der Waals surface area (Å²) in [5.74, 6) is -0.588. The Kier molecular flexibility index (Phi) is 2.49. The Labute approximate surface area is 81.5 Å². The van der Waals surface area contributed by atoms with Crippen LogP contribution >= 0.6 is 0 Å². The lowest BCUT2D eigenvalue weighted by Crippen LogP contribution is -2.28. The van der Waals surface area contributed by atoms with Gasteiger partial charge in [0.25, 0.3) is 0 Å². The summed E-state index contributed by atoms with van der Waals surface area (Å²) >= 11 is 0. The fourth-order valence-corrected chi connectivity index (χ4v) is 1.77. The van der Waals surface area contributed by atoms with E-state index in [9.17, 15) is 4.79 Å². The molecule has 0 radical (unpaired) electrons. The number of imidazole rings is 1. The van der Waals surface area contributed by atoms with Crippen molar-refractivity contribution in [2.24, 2.45) is 0 Å². The Hall–Kier alpha value is -1.36. The lowest BCUT2D eigenvalue weighted by atomic mass is 9.97. The number of nitrogens with zero attached hydrogens (tertiary/aromatic N) is 1. The van der Waals surface area contributed by atoms with Gasteiger partial charge in [-0.25, -0.2) is 9.78 Å². The molecular weight excluding hydrogens is 182 g/mol. The van der Waals surface area contributed by atoms with Gasteiger partial charge in [0.15, 0.2) is 0 Å². The number of piperidine rings is 1. The molecule has 0 amide bonds. The topological polar surface area (TPSA) is 78.0 Å². The normalized spacial score (nSPS) is 22.1. The predicted molar refractivity (Wildman–Crippen MR) is 50.4 cm³/mol. The number of hydrogen-bond acceptors (Lipinski definition) is 3. The number of nitrogens with one attached hydrogen (secondary N) is 2. The summed E-state index contributed by atoms with van der Waals surface area (Å²) in [6.07, 6.45) is 3.85. The molecule has 5 nitrogen and oxygen atoms in total. The maximum absolute atomic E-state index is 10.6. The molecule has 0 aliphatic carbocycles. The third-order valence-electron chi connectivity index (χ3n) is 2.53. The molecule has 1 aliphatic heterocycles. The molecule has 0 spiro atoms. The number of H-pyrrole nitrogens is 1. The van der Waals surface area contributed by atoms with Gasteiger partial charge in [-0.2, -0.15) is 0 Å².